The van der Waals surface area contributed by atoms with Crippen molar-refractivity contribution in [3.05, 3.63) is 23.8 Å². The molecule has 6 heteroatoms. The zero-order valence-electron chi connectivity index (χ0n) is 10.0. The van der Waals surface area contributed by atoms with Gasteiger partial charge in [0.25, 0.3) is 5.91 Å². The van der Waals surface area contributed by atoms with Gasteiger partial charge in [-0.05, 0) is 24.1 Å². The number of hydrogen-bond acceptors (Lipinski definition) is 4. The van der Waals surface area contributed by atoms with Crippen LogP contribution in [0.25, 0.3) is 0 Å². The second kappa shape index (κ2) is 5.05. The minimum Gasteiger partial charge on any atom is -0.482 e. The van der Waals surface area contributed by atoms with Gasteiger partial charge in [0.2, 0.25) is 5.91 Å². The fourth-order valence-corrected chi connectivity index (χ4v) is 1.79. The second-order valence-electron chi connectivity index (χ2n) is 4.09. The highest BCUT2D eigenvalue weighted by molar-refractivity contribution is 5.95. The summed E-state index contributed by atoms with van der Waals surface area (Å²) in [6, 6.07) is 4.77. The van der Waals surface area contributed by atoms with Gasteiger partial charge in [-0.1, -0.05) is 6.07 Å². The summed E-state index contributed by atoms with van der Waals surface area (Å²) < 4.78 is 5.24. The van der Waals surface area contributed by atoms with Crippen LogP contribution >= 0.6 is 0 Å². The summed E-state index contributed by atoms with van der Waals surface area (Å²) in [7, 11) is 1.54. The van der Waals surface area contributed by atoms with Gasteiger partial charge in [0.1, 0.15) is 5.75 Å². The molecule has 6 nitrogen and oxygen atoms in total. The highest BCUT2D eigenvalue weighted by Gasteiger charge is 2.18. The Hall–Kier alpha value is -2.08. The zero-order valence-corrected chi connectivity index (χ0v) is 10.0. The Labute approximate surface area is 104 Å². The summed E-state index contributed by atoms with van der Waals surface area (Å²) in [5.74, 6) is 0.232. The maximum absolute atomic E-state index is 11.3. The second-order valence-corrected chi connectivity index (χ2v) is 4.09. The maximum Gasteiger partial charge on any atom is 0.262 e. The van der Waals surface area contributed by atoms with Gasteiger partial charge in [-0.15, -0.1) is 0 Å². The highest BCUT2D eigenvalue weighted by Crippen LogP contribution is 2.28. The Morgan fingerprint density at radius 1 is 1.61 bits per heavy atom. The van der Waals surface area contributed by atoms with Crippen molar-refractivity contribution in [1.82, 2.24) is 5.32 Å². The molecule has 1 heterocycles. The van der Waals surface area contributed by atoms with Crippen molar-refractivity contribution in [2.24, 2.45) is 5.73 Å². The first-order chi connectivity index (χ1) is 8.60. The zero-order chi connectivity index (χ0) is 13.1. The minimum atomic E-state index is -0.603. The van der Waals surface area contributed by atoms with Crippen molar-refractivity contribution >= 4 is 17.5 Å². The van der Waals surface area contributed by atoms with Crippen molar-refractivity contribution < 1.29 is 14.3 Å². The molecule has 4 N–H and O–H groups in total. The molecule has 0 radical (unpaired) electrons. The van der Waals surface area contributed by atoms with E-state index in [1.165, 1.54) is 0 Å². The average Bonchev–Trinajstić information content (AvgIpc) is 2.37. The number of likely N-dealkylation sites (N-methyl/N-ethyl adjacent to an activating group) is 1. The van der Waals surface area contributed by atoms with Crippen molar-refractivity contribution in [1.29, 1.82) is 0 Å². The molecule has 0 bridgehead atoms. The van der Waals surface area contributed by atoms with Gasteiger partial charge in [0, 0.05) is 7.05 Å². The minimum absolute atomic E-state index is 0.0318. The van der Waals surface area contributed by atoms with Gasteiger partial charge in [0.05, 0.1) is 11.7 Å². The molecule has 0 aromatic heterocycles. The lowest BCUT2D eigenvalue weighted by molar-refractivity contribution is -0.122. The van der Waals surface area contributed by atoms with Crippen molar-refractivity contribution in [3.8, 4) is 5.75 Å². The Balaban J connectivity index is 2.13. The number of rotatable bonds is 3. The van der Waals surface area contributed by atoms with Gasteiger partial charge in [-0.25, -0.2) is 0 Å². The van der Waals surface area contributed by atoms with Gasteiger partial charge in [-0.2, -0.15) is 0 Å². The third-order valence-corrected chi connectivity index (χ3v) is 2.72. The molecule has 18 heavy (non-hydrogen) atoms. The standard InChI is InChI=1S/C12H15N3O3/c1-14-12(17)8(13)4-7-2-3-10-9(5-7)15-11(16)6-18-10/h2-3,5,8H,4,6,13H2,1H3,(H,14,17)(H,15,16). The van der Waals surface area contributed by atoms with Crippen LogP contribution in [0.4, 0.5) is 5.69 Å². The number of nitrogens with one attached hydrogen (secondary N) is 2. The molecular formula is C12H15N3O3. The molecule has 0 aliphatic carbocycles. The predicted molar refractivity (Wildman–Crippen MR) is 66.3 cm³/mol. The number of nitrogens with two attached hydrogens (primary N) is 1. The Bertz CT molecular complexity index is 487. The lowest BCUT2D eigenvalue weighted by Crippen LogP contribution is -2.40. The number of hydrogen-bond donors (Lipinski definition) is 3. The quantitative estimate of drug-likeness (QED) is 0.681. The molecule has 2 amide bonds. The third kappa shape index (κ3) is 2.60. The Morgan fingerprint density at radius 3 is 3.11 bits per heavy atom. The number of carbonyl (C=O) groups is 2. The molecule has 1 aromatic carbocycles. The van der Waals surface area contributed by atoms with Crippen molar-refractivity contribution in [2.45, 2.75) is 12.5 Å². The monoisotopic (exact) mass is 249 g/mol. The van der Waals surface area contributed by atoms with Crippen LogP contribution in [-0.2, 0) is 16.0 Å². The topological polar surface area (TPSA) is 93.5 Å². The van der Waals surface area contributed by atoms with Crippen LogP contribution < -0.4 is 21.1 Å². The number of carbonyl (C=O) groups excluding carboxylic acids is 2. The molecule has 1 aliphatic rings. The molecule has 1 unspecified atom stereocenters. The maximum atomic E-state index is 11.3. The van der Waals surface area contributed by atoms with E-state index < -0.39 is 6.04 Å². The van der Waals surface area contributed by atoms with E-state index in [4.69, 9.17) is 10.5 Å². The smallest absolute Gasteiger partial charge is 0.262 e. The van der Waals surface area contributed by atoms with E-state index in [-0.39, 0.29) is 18.4 Å². The summed E-state index contributed by atoms with van der Waals surface area (Å²) >= 11 is 0. The van der Waals surface area contributed by atoms with Crippen molar-refractivity contribution in [2.75, 3.05) is 19.0 Å². The normalized spacial score (nSPS) is 15.1. The van der Waals surface area contributed by atoms with E-state index in [1.807, 2.05) is 6.07 Å². The van der Waals surface area contributed by atoms with Crippen LogP contribution in [0.1, 0.15) is 5.56 Å². The summed E-state index contributed by atoms with van der Waals surface area (Å²) in [6.07, 6.45) is 0.406. The summed E-state index contributed by atoms with van der Waals surface area (Å²) in [5.41, 5.74) is 7.22. The van der Waals surface area contributed by atoms with Crippen LogP contribution in [0.3, 0.4) is 0 Å². The van der Waals surface area contributed by atoms with Crippen LogP contribution in [0, 0.1) is 0 Å². The van der Waals surface area contributed by atoms with Crippen LogP contribution in [0.5, 0.6) is 5.75 Å². The predicted octanol–water partition coefficient (Wildman–Crippen LogP) is -0.367. The largest absolute Gasteiger partial charge is 0.482 e. The lowest BCUT2D eigenvalue weighted by Gasteiger charge is -2.19. The molecule has 1 aliphatic heterocycles. The summed E-state index contributed by atoms with van der Waals surface area (Å²) in [4.78, 5) is 22.5. The number of fused-ring (bicyclic) bond motifs is 1. The van der Waals surface area contributed by atoms with Crippen LogP contribution in [-0.4, -0.2) is 31.5 Å². The Morgan fingerprint density at radius 2 is 2.39 bits per heavy atom. The Kier molecular flexibility index (Phi) is 3.47. The average molecular weight is 249 g/mol. The van der Waals surface area contributed by atoms with E-state index in [9.17, 15) is 9.59 Å². The molecule has 1 aromatic rings. The first kappa shape index (κ1) is 12.4. The van der Waals surface area contributed by atoms with Crippen molar-refractivity contribution in [3.63, 3.8) is 0 Å². The molecular weight excluding hydrogens is 234 g/mol. The van der Waals surface area contributed by atoms with E-state index in [0.717, 1.165) is 5.56 Å². The molecule has 0 spiro atoms. The van der Waals surface area contributed by atoms with Gasteiger partial charge in [-0.3, -0.25) is 9.59 Å². The molecule has 1 atom stereocenters. The molecule has 0 saturated carbocycles. The molecule has 96 valence electrons. The summed E-state index contributed by atoms with van der Waals surface area (Å²) in [6.45, 7) is 0.0318. The molecule has 2 rings (SSSR count). The van der Waals surface area contributed by atoms with E-state index in [2.05, 4.69) is 10.6 Å². The summed E-state index contributed by atoms with van der Waals surface area (Å²) in [5, 5.41) is 5.21. The van der Waals surface area contributed by atoms with E-state index >= 15 is 0 Å². The first-order valence-electron chi connectivity index (χ1n) is 5.63. The van der Waals surface area contributed by atoms with E-state index in [1.54, 1.807) is 19.2 Å². The van der Waals surface area contributed by atoms with E-state index in [0.29, 0.717) is 17.9 Å². The highest BCUT2D eigenvalue weighted by atomic mass is 16.5. The lowest BCUT2D eigenvalue weighted by atomic mass is 10.0. The fourth-order valence-electron chi connectivity index (χ4n) is 1.79. The first-order valence-corrected chi connectivity index (χ1v) is 5.63. The van der Waals surface area contributed by atoms with Gasteiger partial charge >= 0.3 is 0 Å². The molecule has 0 fully saturated rings. The molecule has 0 saturated heterocycles. The SMILES string of the molecule is CNC(=O)C(N)Cc1ccc2c(c1)NC(=O)CO2. The van der Waals surface area contributed by atoms with Crippen LogP contribution in [0.2, 0.25) is 0 Å². The number of anilines is 1. The number of benzene rings is 1. The van der Waals surface area contributed by atoms with Gasteiger partial charge in [0.15, 0.2) is 6.61 Å². The van der Waals surface area contributed by atoms with Crippen LogP contribution in [0.15, 0.2) is 18.2 Å². The fraction of sp³-hybridized carbons (Fsp3) is 0.333. The third-order valence-electron chi connectivity index (χ3n) is 2.72. The number of ether oxygens (including phenoxy) is 1. The van der Waals surface area contributed by atoms with Gasteiger partial charge < -0.3 is 21.1 Å². The number of amides is 2.